The SMILES string of the molecule is Cc1c(F)ccc2[nH]c(CBr)nc12. The average molecular weight is 243 g/mol. The summed E-state index contributed by atoms with van der Waals surface area (Å²) in [6, 6.07) is 3.16. The van der Waals surface area contributed by atoms with Crippen molar-refractivity contribution in [2.45, 2.75) is 12.3 Å². The van der Waals surface area contributed by atoms with E-state index in [0.717, 1.165) is 16.9 Å². The molecule has 0 atom stereocenters. The normalized spacial score (nSPS) is 11.0. The van der Waals surface area contributed by atoms with Crippen molar-refractivity contribution in [3.8, 4) is 0 Å². The van der Waals surface area contributed by atoms with Crippen LogP contribution in [-0.4, -0.2) is 9.97 Å². The molecule has 2 nitrogen and oxygen atoms in total. The molecule has 0 saturated carbocycles. The van der Waals surface area contributed by atoms with Crippen LogP contribution in [0.25, 0.3) is 11.0 Å². The molecule has 0 amide bonds. The van der Waals surface area contributed by atoms with Crippen molar-refractivity contribution in [2.24, 2.45) is 0 Å². The van der Waals surface area contributed by atoms with Gasteiger partial charge >= 0.3 is 0 Å². The molecule has 0 bridgehead atoms. The molecule has 1 heterocycles. The lowest BCUT2D eigenvalue weighted by atomic mass is 10.2. The maximum Gasteiger partial charge on any atom is 0.128 e. The van der Waals surface area contributed by atoms with Gasteiger partial charge < -0.3 is 4.98 Å². The summed E-state index contributed by atoms with van der Waals surface area (Å²) in [6.45, 7) is 1.73. The number of alkyl halides is 1. The van der Waals surface area contributed by atoms with E-state index in [0.29, 0.717) is 10.9 Å². The van der Waals surface area contributed by atoms with Crippen molar-refractivity contribution in [3.63, 3.8) is 0 Å². The molecule has 2 aromatic rings. The summed E-state index contributed by atoms with van der Waals surface area (Å²) in [4.78, 5) is 7.34. The number of rotatable bonds is 1. The molecule has 1 aromatic heterocycles. The highest BCUT2D eigenvalue weighted by molar-refractivity contribution is 9.08. The van der Waals surface area contributed by atoms with E-state index in [1.54, 1.807) is 13.0 Å². The van der Waals surface area contributed by atoms with Crippen LogP contribution >= 0.6 is 15.9 Å². The fraction of sp³-hybridized carbons (Fsp3) is 0.222. The van der Waals surface area contributed by atoms with Gasteiger partial charge in [-0.1, -0.05) is 15.9 Å². The van der Waals surface area contributed by atoms with Gasteiger partial charge in [0.25, 0.3) is 0 Å². The van der Waals surface area contributed by atoms with Crippen LogP contribution in [0.4, 0.5) is 4.39 Å². The van der Waals surface area contributed by atoms with Gasteiger partial charge in [0.1, 0.15) is 11.6 Å². The fourth-order valence-electron chi connectivity index (χ4n) is 1.30. The maximum atomic E-state index is 13.1. The number of aryl methyl sites for hydroxylation is 1. The Bertz CT molecular complexity index is 450. The van der Waals surface area contributed by atoms with Crippen LogP contribution in [0.15, 0.2) is 12.1 Å². The highest BCUT2D eigenvalue weighted by atomic mass is 79.9. The van der Waals surface area contributed by atoms with E-state index < -0.39 is 0 Å². The highest BCUT2D eigenvalue weighted by Gasteiger charge is 2.07. The zero-order valence-electron chi connectivity index (χ0n) is 7.06. The molecule has 0 aliphatic rings. The Morgan fingerprint density at radius 1 is 1.54 bits per heavy atom. The smallest absolute Gasteiger partial charge is 0.128 e. The Labute approximate surface area is 83.3 Å². The van der Waals surface area contributed by atoms with Gasteiger partial charge in [0, 0.05) is 5.56 Å². The number of benzene rings is 1. The number of nitrogens with zero attached hydrogens (tertiary/aromatic N) is 1. The van der Waals surface area contributed by atoms with Gasteiger partial charge in [-0.3, -0.25) is 0 Å². The number of nitrogens with one attached hydrogen (secondary N) is 1. The third kappa shape index (κ3) is 1.35. The number of H-pyrrole nitrogens is 1. The van der Waals surface area contributed by atoms with Crippen LogP contribution in [0, 0.1) is 12.7 Å². The number of imidazole rings is 1. The molecule has 1 N–H and O–H groups in total. The van der Waals surface area contributed by atoms with Crippen molar-refractivity contribution >= 4 is 27.0 Å². The van der Waals surface area contributed by atoms with E-state index in [1.165, 1.54) is 6.07 Å². The minimum absolute atomic E-state index is 0.208. The van der Waals surface area contributed by atoms with E-state index >= 15 is 0 Å². The molecular weight excluding hydrogens is 235 g/mol. The molecule has 0 aliphatic heterocycles. The number of hydrogen-bond acceptors (Lipinski definition) is 1. The molecular formula is C9H8BrFN2. The van der Waals surface area contributed by atoms with Crippen molar-refractivity contribution in [2.75, 3.05) is 0 Å². The quantitative estimate of drug-likeness (QED) is 0.766. The molecule has 0 spiro atoms. The first-order valence-corrected chi connectivity index (χ1v) is 5.04. The first kappa shape index (κ1) is 8.69. The summed E-state index contributed by atoms with van der Waals surface area (Å²) in [5.41, 5.74) is 2.20. The molecule has 0 radical (unpaired) electrons. The zero-order chi connectivity index (χ0) is 9.42. The first-order valence-electron chi connectivity index (χ1n) is 3.92. The molecule has 0 saturated heterocycles. The van der Waals surface area contributed by atoms with E-state index in [9.17, 15) is 4.39 Å². The lowest BCUT2D eigenvalue weighted by Gasteiger charge is -1.94. The fourth-order valence-corrected chi connectivity index (χ4v) is 1.57. The van der Waals surface area contributed by atoms with E-state index in [1.807, 2.05) is 0 Å². The second kappa shape index (κ2) is 3.10. The van der Waals surface area contributed by atoms with E-state index in [2.05, 4.69) is 25.9 Å². The maximum absolute atomic E-state index is 13.1. The number of halogens is 2. The summed E-state index contributed by atoms with van der Waals surface area (Å²) in [5, 5.41) is 0.655. The summed E-state index contributed by atoms with van der Waals surface area (Å²) < 4.78 is 13.1. The molecule has 68 valence electrons. The first-order chi connectivity index (χ1) is 6.22. The Balaban J connectivity index is 2.76. The van der Waals surface area contributed by atoms with Gasteiger partial charge in [0.15, 0.2) is 0 Å². The zero-order valence-corrected chi connectivity index (χ0v) is 8.65. The van der Waals surface area contributed by atoms with Gasteiger partial charge in [-0.25, -0.2) is 9.37 Å². The second-order valence-corrected chi connectivity index (χ2v) is 3.45. The summed E-state index contributed by atoms with van der Waals surface area (Å²) in [6.07, 6.45) is 0. The van der Waals surface area contributed by atoms with Crippen LogP contribution in [0.1, 0.15) is 11.4 Å². The minimum atomic E-state index is -0.208. The molecule has 13 heavy (non-hydrogen) atoms. The molecule has 0 aliphatic carbocycles. The third-order valence-corrected chi connectivity index (χ3v) is 2.55. The predicted octanol–water partition coefficient (Wildman–Crippen LogP) is 2.91. The highest BCUT2D eigenvalue weighted by Crippen LogP contribution is 2.19. The van der Waals surface area contributed by atoms with Crippen molar-refractivity contribution in [1.29, 1.82) is 0 Å². The summed E-state index contributed by atoms with van der Waals surface area (Å²) in [7, 11) is 0. The van der Waals surface area contributed by atoms with Crippen LogP contribution in [0.5, 0.6) is 0 Å². The van der Waals surface area contributed by atoms with Crippen molar-refractivity contribution in [1.82, 2.24) is 9.97 Å². The molecule has 1 aromatic carbocycles. The lowest BCUT2D eigenvalue weighted by Crippen LogP contribution is -1.83. The number of fused-ring (bicyclic) bond motifs is 1. The average Bonchev–Trinajstić information content (AvgIpc) is 2.55. The lowest BCUT2D eigenvalue weighted by molar-refractivity contribution is 0.620. The summed E-state index contributed by atoms with van der Waals surface area (Å²) in [5.74, 6) is 0.615. The van der Waals surface area contributed by atoms with Gasteiger partial charge in [-0.05, 0) is 19.1 Å². The Morgan fingerprint density at radius 3 is 3.00 bits per heavy atom. The van der Waals surface area contributed by atoms with Crippen LogP contribution in [0.2, 0.25) is 0 Å². The topological polar surface area (TPSA) is 28.7 Å². The van der Waals surface area contributed by atoms with Crippen molar-refractivity contribution in [3.05, 3.63) is 29.3 Å². The standard InChI is InChI=1S/C9H8BrFN2/c1-5-6(11)2-3-7-9(5)13-8(4-10)12-7/h2-3H,4H2,1H3,(H,12,13). The molecule has 0 unspecified atom stereocenters. The Kier molecular flexibility index (Phi) is 2.07. The van der Waals surface area contributed by atoms with Gasteiger partial charge in [-0.15, -0.1) is 0 Å². The number of aromatic nitrogens is 2. The van der Waals surface area contributed by atoms with Crippen LogP contribution in [0.3, 0.4) is 0 Å². The van der Waals surface area contributed by atoms with E-state index in [-0.39, 0.29) is 5.82 Å². The van der Waals surface area contributed by atoms with E-state index in [4.69, 9.17) is 0 Å². The molecule has 4 heteroatoms. The largest absolute Gasteiger partial charge is 0.341 e. The Morgan fingerprint density at radius 2 is 2.31 bits per heavy atom. The minimum Gasteiger partial charge on any atom is -0.341 e. The van der Waals surface area contributed by atoms with Gasteiger partial charge in [0.2, 0.25) is 0 Å². The molecule has 2 rings (SSSR count). The van der Waals surface area contributed by atoms with Gasteiger partial charge in [0.05, 0.1) is 16.4 Å². The monoisotopic (exact) mass is 242 g/mol. The van der Waals surface area contributed by atoms with Crippen LogP contribution < -0.4 is 0 Å². The second-order valence-electron chi connectivity index (χ2n) is 2.89. The number of hydrogen-bond donors (Lipinski definition) is 1. The van der Waals surface area contributed by atoms with Crippen molar-refractivity contribution < 1.29 is 4.39 Å². The number of aromatic amines is 1. The third-order valence-electron chi connectivity index (χ3n) is 2.02. The van der Waals surface area contributed by atoms with Crippen LogP contribution in [-0.2, 0) is 5.33 Å². The molecule has 0 fully saturated rings. The summed E-state index contributed by atoms with van der Waals surface area (Å²) >= 11 is 3.29. The predicted molar refractivity (Wildman–Crippen MR) is 53.4 cm³/mol. The van der Waals surface area contributed by atoms with Gasteiger partial charge in [-0.2, -0.15) is 0 Å². The Hall–Kier alpha value is -0.900.